The molecule has 0 aliphatic carbocycles. The third-order valence-corrected chi connectivity index (χ3v) is 2.34. The summed E-state index contributed by atoms with van der Waals surface area (Å²) in [4.78, 5) is 4.29. The van der Waals surface area contributed by atoms with Crippen LogP contribution in [0.4, 0.5) is 0 Å². The number of aliphatic hydroxyl groups is 1. The van der Waals surface area contributed by atoms with Gasteiger partial charge in [-0.2, -0.15) is 0 Å². The quantitative estimate of drug-likeness (QED) is 0.798. The number of fused-ring (bicyclic) bond motifs is 1. The highest BCUT2D eigenvalue weighted by Gasteiger charge is 1.99. The standard InChI is InChI=1S/C12H13NO/c14-9-3-5-10-4-1-7-12-11(10)6-2-8-13-12/h1-2,4,6-8,14H,3,5,9H2. The van der Waals surface area contributed by atoms with Crippen LogP contribution in [0.5, 0.6) is 0 Å². The van der Waals surface area contributed by atoms with Crippen molar-refractivity contribution in [3.05, 3.63) is 42.1 Å². The predicted octanol–water partition coefficient (Wildman–Crippen LogP) is 2.16. The Morgan fingerprint density at radius 2 is 2.07 bits per heavy atom. The van der Waals surface area contributed by atoms with Crippen LogP contribution in [0.2, 0.25) is 0 Å². The summed E-state index contributed by atoms with van der Waals surface area (Å²) >= 11 is 0. The van der Waals surface area contributed by atoms with E-state index in [9.17, 15) is 0 Å². The summed E-state index contributed by atoms with van der Waals surface area (Å²) in [5.74, 6) is 0. The molecule has 0 aliphatic heterocycles. The molecule has 2 heteroatoms. The van der Waals surface area contributed by atoms with Gasteiger partial charge in [0.25, 0.3) is 0 Å². The maximum Gasteiger partial charge on any atom is 0.0704 e. The fourth-order valence-corrected chi connectivity index (χ4v) is 1.65. The highest BCUT2D eigenvalue weighted by molar-refractivity contribution is 5.81. The molecule has 1 N–H and O–H groups in total. The topological polar surface area (TPSA) is 33.1 Å². The van der Waals surface area contributed by atoms with Gasteiger partial charge in [-0.25, -0.2) is 0 Å². The first kappa shape index (κ1) is 9.16. The average Bonchev–Trinajstić information content (AvgIpc) is 2.26. The van der Waals surface area contributed by atoms with E-state index >= 15 is 0 Å². The Kier molecular flexibility index (Phi) is 2.75. The van der Waals surface area contributed by atoms with Crippen molar-refractivity contribution >= 4 is 10.9 Å². The number of aliphatic hydroxyl groups excluding tert-OH is 1. The summed E-state index contributed by atoms with van der Waals surface area (Å²) in [5.41, 5.74) is 2.30. The number of hydrogen-bond acceptors (Lipinski definition) is 2. The largest absolute Gasteiger partial charge is 0.396 e. The average molecular weight is 187 g/mol. The van der Waals surface area contributed by atoms with Crippen molar-refractivity contribution in [3.8, 4) is 0 Å². The van der Waals surface area contributed by atoms with Crippen LogP contribution in [-0.2, 0) is 6.42 Å². The molecule has 0 amide bonds. The zero-order valence-corrected chi connectivity index (χ0v) is 7.98. The second-order valence-corrected chi connectivity index (χ2v) is 3.31. The molecule has 72 valence electrons. The van der Waals surface area contributed by atoms with Crippen molar-refractivity contribution in [3.63, 3.8) is 0 Å². The molecule has 0 radical (unpaired) electrons. The van der Waals surface area contributed by atoms with Crippen molar-refractivity contribution in [1.82, 2.24) is 4.98 Å². The monoisotopic (exact) mass is 187 g/mol. The van der Waals surface area contributed by atoms with Gasteiger partial charge in [-0.3, -0.25) is 4.98 Å². The molecule has 14 heavy (non-hydrogen) atoms. The number of benzene rings is 1. The molecule has 0 saturated heterocycles. The van der Waals surface area contributed by atoms with E-state index in [2.05, 4.69) is 17.1 Å². The molecule has 0 unspecified atom stereocenters. The summed E-state index contributed by atoms with van der Waals surface area (Å²) < 4.78 is 0. The van der Waals surface area contributed by atoms with Crippen molar-refractivity contribution in [2.24, 2.45) is 0 Å². The molecule has 0 bridgehead atoms. The fraction of sp³-hybridized carbons (Fsp3) is 0.250. The van der Waals surface area contributed by atoms with E-state index in [0.29, 0.717) is 0 Å². The molecule has 0 aliphatic rings. The Morgan fingerprint density at radius 1 is 1.14 bits per heavy atom. The van der Waals surface area contributed by atoms with E-state index in [1.807, 2.05) is 18.2 Å². The van der Waals surface area contributed by atoms with Crippen LogP contribution < -0.4 is 0 Å². The van der Waals surface area contributed by atoms with Crippen LogP contribution >= 0.6 is 0 Å². The second-order valence-electron chi connectivity index (χ2n) is 3.31. The van der Waals surface area contributed by atoms with Gasteiger partial charge in [-0.15, -0.1) is 0 Å². The predicted molar refractivity (Wildman–Crippen MR) is 57.1 cm³/mol. The molecule has 2 nitrogen and oxygen atoms in total. The number of aromatic nitrogens is 1. The Labute approximate surface area is 83.2 Å². The molecule has 1 aromatic heterocycles. The fourth-order valence-electron chi connectivity index (χ4n) is 1.65. The van der Waals surface area contributed by atoms with Crippen LogP contribution in [-0.4, -0.2) is 16.7 Å². The number of nitrogens with zero attached hydrogens (tertiary/aromatic N) is 1. The molecule has 1 heterocycles. The lowest BCUT2D eigenvalue weighted by Gasteiger charge is -2.04. The molecule has 1 aromatic carbocycles. The first-order chi connectivity index (χ1) is 6.92. The van der Waals surface area contributed by atoms with Crippen LogP contribution in [0.15, 0.2) is 36.5 Å². The maximum atomic E-state index is 8.78. The second kappa shape index (κ2) is 4.20. The first-order valence-electron chi connectivity index (χ1n) is 4.85. The van der Waals surface area contributed by atoms with Gasteiger partial charge in [-0.1, -0.05) is 18.2 Å². The number of aryl methyl sites for hydroxylation is 1. The number of pyridine rings is 1. The smallest absolute Gasteiger partial charge is 0.0704 e. The van der Waals surface area contributed by atoms with Crippen molar-refractivity contribution in [2.45, 2.75) is 12.8 Å². The zero-order chi connectivity index (χ0) is 9.80. The van der Waals surface area contributed by atoms with Crippen molar-refractivity contribution in [1.29, 1.82) is 0 Å². The molecule has 0 saturated carbocycles. The Balaban J connectivity index is 2.43. The van der Waals surface area contributed by atoms with E-state index < -0.39 is 0 Å². The number of hydrogen-bond donors (Lipinski definition) is 1. The minimum absolute atomic E-state index is 0.247. The Hall–Kier alpha value is -1.41. The molecule has 2 rings (SSSR count). The van der Waals surface area contributed by atoms with Gasteiger partial charge < -0.3 is 5.11 Å². The van der Waals surface area contributed by atoms with Gasteiger partial charge in [-0.05, 0) is 30.5 Å². The minimum atomic E-state index is 0.247. The summed E-state index contributed by atoms with van der Waals surface area (Å²) in [5, 5.41) is 9.98. The maximum absolute atomic E-state index is 8.78. The highest BCUT2D eigenvalue weighted by atomic mass is 16.2. The van der Waals surface area contributed by atoms with Gasteiger partial charge >= 0.3 is 0 Å². The van der Waals surface area contributed by atoms with Crippen LogP contribution in [0, 0.1) is 0 Å². The highest BCUT2D eigenvalue weighted by Crippen LogP contribution is 2.17. The summed E-state index contributed by atoms with van der Waals surface area (Å²) in [6, 6.07) is 10.2. The summed E-state index contributed by atoms with van der Waals surface area (Å²) in [7, 11) is 0. The third kappa shape index (κ3) is 1.75. The van der Waals surface area contributed by atoms with Gasteiger partial charge in [0.05, 0.1) is 5.52 Å². The normalized spacial score (nSPS) is 10.6. The third-order valence-electron chi connectivity index (χ3n) is 2.34. The lowest BCUT2D eigenvalue weighted by atomic mass is 10.0. The molecular weight excluding hydrogens is 174 g/mol. The SMILES string of the molecule is OCCCc1cccc2ncccc12. The van der Waals surface area contributed by atoms with Crippen molar-refractivity contribution in [2.75, 3.05) is 6.61 Å². The van der Waals surface area contributed by atoms with Crippen LogP contribution in [0.25, 0.3) is 10.9 Å². The number of rotatable bonds is 3. The van der Waals surface area contributed by atoms with E-state index in [1.165, 1.54) is 10.9 Å². The Morgan fingerprint density at radius 3 is 2.93 bits per heavy atom. The molecule has 2 aromatic rings. The van der Waals surface area contributed by atoms with E-state index in [0.717, 1.165) is 18.4 Å². The van der Waals surface area contributed by atoms with Gasteiger partial charge in [0.15, 0.2) is 0 Å². The van der Waals surface area contributed by atoms with E-state index in [1.54, 1.807) is 6.20 Å². The van der Waals surface area contributed by atoms with Gasteiger partial charge in [0.2, 0.25) is 0 Å². The molecule has 0 fully saturated rings. The first-order valence-corrected chi connectivity index (χ1v) is 4.85. The van der Waals surface area contributed by atoms with Crippen LogP contribution in [0.1, 0.15) is 12.0 Å². The van der Waals surface area contributed by atoms with Crippen LogP contribution in [0.3, 0.4) is 0 Å². The van der Waals surface area contributed by atoms with Crippen molar-refractivity contribution < 1.29 is 5.11 Å². The lowest BCUT2D eigenvalue weighted by Crippen LogP contribution is -1.91. The molecule has 0 spiro atoms. The molecule has 0 atom stereocenters. The molecular formula is C12H13NO. The van der Waals surface area contributed by atoms with Gasteiger partial charge in [0.1, 0.15) is 0 Å². The van der Waals surface area contributed by atoms with E-state index in [-0.39, 0.29) is 6.61 Å². The summed E-state index contributed by atoms with van der Waals surface area (Å²) in [6.45, 7) is 0.247. The Bertz CT molecular complexity index is 420. The zero-order valence-electron chi connectivity index (χ0n) is 7.98. The van der Waals surface area contributed by atoms with Gasteiger partial charge in [0, 0.05) is 18.2 Å². The minimum Gasteiger partial charge on any atom is -0.396 e. The lowest BCUT2D eigenvalue weighted by molar-refractivity contribution is 0.289. The van der Waals surface area contributed by atoms with E-state index in [4.69, 9.17) is 5.11 Å². The summed E-state index contributed by atoms with van der Waals surface area (Å²) in [6.07, 6.45) is 3.53.